The van der Waals surface area contributed by atoms with Crippen LogP contribution in [0.3, 0.4) is 0 Å². The van der Waals surface area contributed by atoms with E-state index in [1.165, 1.54) is 25.7 Å². The Morgan fingerprint density at radius 3 is 2.42 bits per heavy atom. The molecule has 1 aromatic carbocycles. The number of hydrogen-bond acceptors (Lipinski definition) is 3. The summed E-state index contributed by atoms with van der Waals surface area (Å²) in [4.78, 5) is 27.4. The fraction of sp³-hybridized carbons (Fsp3) is 0.619. The van der Waals surface area contributed by atoms with Gasteiger partial charge in [0.25, 0.3) is 5.91 Å². The first-order chi connectivity index (χ1) is 12.5. The van der Waals surface area contributed by atoms with E-state index in [1.807, 2.05) is 12.1 Å². The highest BCUT2D eigenvalue weighted by atomic mass is 16.2. The van der Waals surface area contributed by atoms with Crippen LogP contribution in [0.5, 0.6) is 0 Å². The zero-order valence-corrected chi connectivity index (χ0v) is 16.1. The summed E-state index contributed by atoms with van der Waals surface area (Å²) in [6.07, 6.45) is 4.95. The fourth-order valence-electron chi connectivity index (χ4n) is 3.40. The van der Waals surface area contributed by atoms with Crippen LogP contribution in [0, 0.1) is 11.8 Å². The van der Waals surface area contributed by atoms with E-state index >= 15 is 0 Å². The van der Waals surface area contributed by atoms with Crippen LogP contribution in [0.25, 0.3) is 0 Å². The minimum Gasteiger partial charge on any atom is -0.352 e. The molecule has 1 atom stereocenters. The van der Waals surface area contributed by atoms with E-state index in [0.29, 0.717) is 42.3 Å². The molecule has 142 valence electrons. The van der Waals surface area contributed by atoms with Crippen molar-refractivity contribution in [3.05, 3.63) is 29.8 Å². The third-order valence-corrected chi connectivity index (χ3v) is 5.29. The van der Waals surface area contributed by atoms with Crippen LogP contribution < -0.4 is 10.6 Å². The lowest BCUT2D eigenvalue weighted by Gasteiger charge is -2.28. The van der Waals surface area contributed by atoms with Gasteiger partial charge in [0.1, 0.15) is 0 Å². The Labute approximate surface area is 156 Å². The number of nitrogens with zero attached hydrogens (tertiary/aromatic N) is 1. The highest BCUT2D eigenvalue weighted by Gasteiger charge is 2.39. The number of nitrogens with one attached hydrogen (secondary N) is 2. The highest BCUT2D eigenvalue weighted by Crippen LogP contribution is 2.39. The summed E-state index contributed by atoms with van der Waals surface area (Å²) in [6, 6.07) is 8.26. The molecular weight excluding hydrogens is 326 g/mol. The Hall–Kier alpha value is -1.88. The van der Waals surface area contributed by atoms with Gasteiger partial charge < -0.3 is 10.6 Å². The van der Waals surface area contributed by atoms with Crippen LogP contribution in [0.4, 0.5) is 5.69 Å². The van der Waals surface area contributed by atoms with Crippen molar-refractivity contribution in [2.45, 2.75) is 58.5 Å². The van der Waals surface area contributed by atoms with Crippen molar-refractivity contribution < 1.29 is 9.59 Å². The number of carbonyl (C=O) groups is 2. The first-order valence-electron chi connectivity index (χ1n) is 9.88. The van der Waals surface area contributed by atoms with E-state index in [4.69, 9.17) is 0 Å². The lowest BCUT2D eigenvalue weighted by Crippen LogP contribution is -2.42. The molecule has 5 heteroatoms. The standard InChI is InChI=1S/C21H31N3O2/c1-14(2)12-22-21(26)18-6-4-5-7-19(18)23-20(25)13-24(17-10-11-17)15(3)16-8-9-16/h4-7,14-17H,8-13H2,1-3H3,(H,22,26)(H,23,25). The zero-order chi connectivity index (χ0) is 18.7. The lowest BCUT2D eigenvalue weighted by atomic mass is 10.1. The average molecular weight is 357 g/mol. The summed E-state index contributed by atoms with van der Waals surface area (Å²) in [6.45, 7) is 7.39. The maximum Gasteiger partial charge on any atom is 0.253 e. The molecule has 0 bridgehead atoms. The topological polar surface area (TPSA) is 61.4 Å². The third-order valence-electron chi connectivity index (χ3n) is 5.29. The number of carbonyl (C=O) groups excluding carboxylic acids is 2. The predicted octanol–water partition coefficient (Wildman–Crippen LogP) is 3.27. The van der Waals surface area contributed by atoms with E-state index in [2.05, 4.69) is 36.3 Å². The smallest absolute Gasteiger partial charge is 0.253 e. The van der Waals surface area contributed by atoms with Crippen LogP contribution in [-0.2, 0) is 4.79 Å². The summed E-state index contributed by atoms with van der Waals surface area (Å²) >= 11 is 0. The Kier molecular flexibility index (Phi) is 5.97. The number of hydrogen-bond donors (Lipinski definition) is 2. The van der Waals surface area contributed by atoms with Crippen LogP contribution in [0.15, 0.2) is 24.3 Å². The molecular formula is C21H31N3O2. The maximum absolute atomic E-state index is 12.7. The number of rotatable bonds is 9. The Morgan fingerprint density at radius 1 is 1.12 bits per heavy atom. The molecule has 0 radical (unpaired) electrons. The largest absolute Gasteiger partial charge is 0.352 e. The minimum absolute atomic E-state index is 0.0338. The molecule has 2 aliphatic rings. The van der Waals surface area contributed by atoms with Crippen molar-refractivity contribution in [2.24, 2.45) is 11.8 Å². The average Bonchev–Trinajstić information content (AvgIpc) is 3.48. The van der Waals surface area contributed by atoms with Crippen molar-refractivity contribution in [1.29, 1.82) is 0 Å². The van der Waals surface area contributed by atoms with Gasteiger partial charge in [0.15, 0.2) is 0 Å². The monoisotopic (exact) mass is 357 g/mol. The molecule has 0 saturated heterocycles. The first-order valence-corrected chi connectivity index (χ1v) is 9.88. The third kappa shape index (κ3) is 5.07. The van der Waals surface area contributed by atoms with Crippen molar-refractivity contribution in [2.75, 3.05) is 18.4 Å². The fourth-order valence-corrected chi connectivity index (χ4v) is 3.40. The summed E-state index contributed by atoms with van der Waals surface area (Å²) < 4.78 is 0. The molecule has 0 spiro atoms. The van der Waals surface area contributed by atoms with Crippen molar-refractivity contribution in [3.8, 4) is 0 Å². The van der Waals surface area contributed by atoms with Crippen molar-refractivity contribution >= 4 is 17.5 Å². The first kappa shape index (κ1) is 18.9. The second-order valence-electron chi connectivity index (χ2n) is 8.18. The van der Waals surface area contributed by atoms with Gasteiger partial charge in [-0.15, -0.1) is 0 Å². The molecule has 2 amide bonds. The molecule has 3 rings (SSSR count). The van der Waals surface area contributed by atoms with Gasteiger partial charge in [-0.05, 0) is 56.6 Å². The number of anilines is 1. The lowest BCUT2D eigenvalue weighted by molar-refractivity contribution is -0.118. The molecule has 2 saturated carbocycles. The van der Waals surface area contributed by atoms with E-state index in [1.54, 1.807) is 12.1 Å². The zero-order valence-electron chi connectivity index (χ0n) is 16.1. The highest BCUT2D eigenvalue weighted by molar-refractivity contribution is 6.04. The second-order valence-corrected chi connectivity index (χ2v) is 8.18. The number of benzene rings is 1. The van der Waals surface area contributed by atoms with Gasteiger partial charge in [0.2, 0.25) is 5.91 Å². The molecule has 1 unspecified atom stereocenters. The molecule has 2 aliphatic carbocycles. The van der Waals surface area contributed by atoms with Crippen molar-refractivity contribution in [1.82, 2.24) is 10.2 Å². The molecule has 2 N–H and O–H groups in total. The van der Waals surface area contributed by atoms with Gasteiger partial charge in [0, 0.05) is 18.6 Å². The van der Waals surface area contributed by atoms with Crippen LogP contribution in [0.2, 0.25) is 0 Å². The quantitative estimate of drug-likeness (QED) is 0.713. The van der Waals surface area contributed by atoms with Gasteiger partial charge in [-0.3, -0.25) is 14.5 Å². The van der Waals surface area contributed by atoms with Crippen LogP contribution in [0.1, 0.15) is 56.8 Å². The molecule has 5 nitrogen and oxygen atoms in total. The normalized spacial score (nSPS) is 18.0. The molecule has 0 aliphatic heterocycles. The SMILES string of the molecule is CC(C)CNC(=O)c1ccccc1NC(=O)CN(C1CC1)C(C)C1CC1. The van der Waals surface area contributed by atoms with Gasteiger partial charge in [-0.25, -0.2) is 0 Å². The van der Waals surface area contributed by atoms with E-state index in [9.17, 15) is 9.59 Å². The minimum atomic E-state index is -0.139. The van der Waals surface area contributed by atoms with Crippen LogP contribution >= 0.6 is 0 Å². The number of amides is 2. The van der Waals surface area contributed by atoms with Gasteiger partial charge in [-0.1, -0.05) is 26.0 Å². The molecule has 1 aromatic rings. The molecule has 0 aromatic heterocycles. The summed E-state index contributed by atoms with van der Waals surface area (Å²) in [5.74, 6) is 0.961. The Bertz CT molecular complexity index is 650. The summed E-state index contributed by atoms with van der Waals surface area (Å²) in [7, 11) is 0. The van der Waals surface area contributed by atoms with E-state index in [-0.39, 0.29) is 11.8 Å². The summed E-state index contributed by atoms with van der Waals surface area (Å²) in [5, 5.41) is 5.89. The van der Waals surface area contributed by atoms with Crippen molar-refractivity contribution in [3.63, 3.8) is 0 Å². The molecule has 26 heavy (non-hydrogen) atoms. The van der Waals surface area contributed by atoms with E-state index < -0.39 is 0 Å². The van der Waals surface area contributed by atoms with E-state index in [0.717, 1.165) is 5.92 Å². The van der Waals surface area contributed by atoms with Gasteiger partial charge in [-0.2, -0.15) is 0 Å². The Morgan fingerprint density at radius 2 is 1.81 bits per heavy atom. The predicted molar refractivity (Wildman–Crippen MR) is 104 cm³/mol. The van der Waals surface area contributed by atoms with Gasteiger partial charge >= 0.3 is 0 Å². The molecule has 0 heterocycles. The van der Waals surface area contributed by atoms with Gasteiger partial charge in [0.05, 0.1) is 17.8 Å². The molecule has 2 fully saturated rings. The number of para-hydroxylation sites is 1. The Balaban J connectivity index is 1.62. The second kappa shape index (κ2) is 8.21. The summed E-state index contributed by atoms with van der Waals surface area (Å²) in [5.41, 5.74) is 1.11. The maximum atomic E-state index is 12.7. The van der Waals surface area contributed by atoms with Crippen LogP contribution in [-0.4, -0.2) is 41.9 Å².